The third-order valence-electron chi connectivity index (χ3n) is 6.25. The smallest absolute Gasteiger partial charge is 0.357 e. The molecule has 166 valence electrons. The molecule has 0 atom stereocenters. The zero-order chi connectivity index (χ0) is 21.9. The quantitative estimate of drug-likeness (QED) is 0.375. The summed E-state index contributed by atoms with van der Waals surface area (Å²) in [5.74, 6) is 1.42. The first-order chi connectivity index (χ1) is 15.7. The molecular weight excluding hydrogens is 420 g/mol. The van der Waals surface area contributed by atoms with E-state index >= 15 is 0 Å². The molecule has 5 rings (SSSR count). The number of unbranched alkanes of at least 4 members (excludes halogenated alkanes) is 1. The van der Waals surface area contributed by atoms with Crippen LogP contribution >= 0.6 is 11.3 Å². The molecule has 6 nitrogen and oxygen atoms in total. The summed E-state index contributed by atoms with van der Waals surface area (Å²) in [6.45, 7) is 4.69. The maximum absolute atomic E-state index is 12.4. The lowest BCUT2D eigenvalue weighted by atomic mass is 9.97. The zero-order valence-corrected chi connectivity index (χ0v) is 19.2. The van der Waals surface area contributed by atoms with Crippen molar-refractivity contribution in [3.05, 3.63) is 59.4 Å². The fraction of sp³-hybridized carbons (Fsp3) is 0.400. The summed E-state index contributed by atoms with van der Waals surface area (Å²) in [7, 11) is 0. The number of thiophene rings is 1. The van der Waals surface area contributed by atoms with E-state index in [2.05, 4.69) is 27.9 Å². The Morgan fingerprint density at radius 3 is 2.75 bits per heavy atom. The number of carbonyl (C=O) groups is 1. The van der Waals surface area contributed by atoms with Crippen LogP contribution in [0.3, 0.4) is 0 Å². The number of benzene rings is 1. The first-order valence-electron chi connectivity index (χ1n) is 11.5. The topological polar surface area (TPSA) is 60.3 Å². The Bertz CT molecular complexity index is 1210. The van der Waals surface area contributed by atoms with Gasteiger partial charge < -0.3 is 9.40 Å². The van der Waals surface area contributed by atoms with Crippen molar-refractivity contribution in [2.45, 2.75) is 45.6 Å². The Morgan fingerprint density at radius 1 is 1.16 bits per heavy atom. The van der Waals surface area contributed by atoms with Gasteiger partial charge >= 0.3 is 5.97 Å². The normalized spacial score (nSPS) is 15.5. The largest absolute Gasteiger partial charge is 0.364 e. The van der Waals surface area contributed by atoms with E-state index in [9.17, 15) is 4.79 Å². The van der Waals surface area contributed by atoms with E-state index < -0.39 is 0 Å². The summed E-state index contributed by atoms with van der Waals surface area (Å²) >= 11 is 1.75. The van der Waals surface area contributed by atoms with Gasteiger partial charge in [-0.2, -0.15) is 0 Å². The molecule has 1 aliphatic rings. The maximum Gasteiger partial charge on any atom is 0.357 e. The molecular formula is C25H28N4O2S. The van der Waals surface area contributed by atoms with E-state index in [1.807, 2.05) is 29.5 Å². The van der Waals surface area contributed by atoms with Gasteiger partial charge in [0.05, 0.1) is 27.5 Å². The highest BCUT2D eigenvalue weighted by molar-refractivity contribution is 7.18. The highest BCUT2D eigenvalue weighted by Crippen LogP contribution is 2.31. The van der Waals surface area contributed by atoms with Gasteiger partial charge in [-0.15, -0.1) is 16.4 Å². The van der Waals surface area contributed by atoms with Crippen LogP contribution < -0.4 is 0 Å². The molecule has 1 saturated heterocycles. The molecule has 0 bridgehead atoms. The van der Waals surface area contributed by atoms with Crippen LogP contribution in [0.15, 0.2) is 48.0 Å². The lowest BCUT2D eigenvalue weighted by Gasteiger charge is -2.31. The van der Waals surface area contributed by atoms with Crippen LogP contribution in [0, 0.1) is 5.92 Å². The second-order valence-corrected chi connectivity index (χ2v) is 9.40. The standard InChI is InChI=1S/C25H28N4O2S/c1-2-3-9-22-27-21-16-26-20-12-15-32-24(20)23(21)29(22)17-18-10-13-28(14-11-18)31-25(30)19-7-5-4-6-8-19/h4-8,12,15-16,18H,2-3,9-11,13-14,17H2,1H3. The molecule has 0 aliphatic carbocycles. The van der Waals surface area contributed by atoms with Gasteiger partial charge in [0.25, 0.3) is 0 Å². The van der Waals surface area contributed by atoms with Crippen molar-refractivity contribution in [1.82, 2.24) is 19.6 Å². The summed E-state index contributed by atoms with van der Waals surface area (Å²) in [5.41, 5.74) is 3.87. The second kappa shape index (κ2) is 9.38. The number of imidazole rings is 1. The van der Waals surface area contributed by atoms with Crippen molar-refractivity contribution in [1.29, 1.82) is 0 Å². The Hall–Kier alpha value is -2.77. The highest BCUT2D eigenvalue weighted by atomic mass is 32.1. The number of hydrogen-bond acceptors (Lipinski definition) is 6. The number of fused-ring (bicyclic) bond motifs is 3. The van der Waals surface area contributed by atoms with Gasteiger partial charge in [0.2, 0.25) is 0 Å². The molecule has 0 spiro atoms. The molecule has 1 aromatic carbocycles. The first-order valence-corrected chi connectivity index (χ1v) is 12.3. The Balaban J connectivity index is 1.30. The van der Waals surface area contributed by atoms with Gasteiger partial charge in [0, 0.05) is 26.1 Å². The SMILES string of the molecule is CCCCc1nc2cnc3ccsc3c2n1CC1CCN(OC(=O)c2ccccc2)CC1. The van der Waals surface area contributed by atoms with Crippen LogP contribution in [0.5, 0.6) is 0 Å². The van der Waals surface area contributed by atoms with Gasteiger partial charge in [-0.3, -0.25) is 4.98 Å². The lowest BCUT2D eigenvalue weighted by molar-refractivity contribution is -0.126. The van der Waals surface area contributed by atoms with Gasteiger partial charge in [0.15, 0.2) is 0 Å². The van der Waals surface area contributed by atoms with Gasteiger partial charge in [-0.05, 0) is 48.8 Å². The fourth-order valence-electron chi connectivity index (χ4n) is 4.47. The molecule has 4 aromatic rings. The van der Waals surface area contributed by atoms with Crippen LogP contribution in [-0.2, 0) is 17.8 Å². The van der Waals surface area contributed by atoms with Crippen molar-refractivity contribution in [2.75, 3.05) is 13.1 Å². The fourth-order valence-corrected chi connectivity index (χ4v) is 5.37. The average molecular weight is 449 g/mol. The van der Waals surface area contributed by atoms with Gasteiger partial charge in [-0.1, -0.05) is 31.5 Å². The van der Waals surface area contributed by atoms with Gasteiger partial charge in [-0.25, -0.2) is 9.78 Å². The van der Waals surface area contributed by atoms with Crippen molar-refractivity contribution in [3.63, 3.8) is 0 Å². The van der Waals surface area contributed by atoms with Crippen LogP contribution in [0.1, 0.15) is 48.8 Å². The highest BCUT2D eigenvalue weighted by Gasteiger charge is 2.25. The number of hydrogen-bond donors (Lipinski definition) is 0. The molecule has 4 heterocycles. The van der Waals surface area contributed by atoms with Crippen molar-refractivity contribution in [3.8, 4) is 0 Å². The monoisotopic (exact) mass is 448 g/mol. The second-order valence-electron chi connectivity index (χ2n) is 8.49. The van der Waals surface area contributed by atoms with E-state index in [0.29, 0.717) is 11.5 Å². The predicted octanol–water partition coefficient (Wildman–Crippen LogP) is 5.47. The minimum absolute atomic E-state index is 0.279. The third-order valence-corrected chi connectivity index (χ3v) is 7.16. The number of rotatable bonds is 7. The summed E-state index contributed by atoms with van der Waals surface area (Å²) in [6, 6.07) is 11.3. The summed E-state index contributed by atoms with van der Waals surface area (Å²) in [5, 5.41) is 3.93. The molecule has 0 unspecified atom stereocenters. The summed E-state index contributed by atoms with van der Waals surface area (Å²) in [4.78, 5) is 27.5. The lowest BCUT2D eigenvalue weighted by Crippen LogP contribution is -2.36. The zero-order valence-electron chi connectivity index (χ0n) is 18.4. The average Bonchev–Trinajstić information content (AvgIpc) is 3.44. The molecule has 0 radical (unpaired) electrons. The molecule has 0 amide bonds. The number of aryl methyl sites for hydroxylation is 1. The maximum atomic E-state index is 12.4. The molecule has 0 saturated carbocycles. The number of hydroxylamine groups is 2. The van der Waals surface area contributed by atoms with Crippen LogP contribution in [0.25, 0.3) is 21.3 Å². The first kappa shape index (κ1) is 21.1. The number of nitrogens with zero attached hydrogens (tertiary/aromatic N) is 4. The number of pyridine rings is 1. The number of carbonyl (C=O) groups excluding carboxylic acids is 1. The summed E-state index contributed by atoms with van der Waals surface area (Å²) < 4.78 is 3.67. The minimum atomic E-state index is -0.279. The molecule has 0 N–H and O–H groups in total. The minimum Gasteiger partial charge on any atom is -0.364 e. The molecule has 1 fully saturated rings. The molecule has 1 aliphatic heterocycles. The Kier molecular flexibility index (Phi) is 6.19. The predicted molar refractivity (Wildman–Crippen MR) is 128 cm³/mol. The Labute approximate surface area is 191 Å². The van der Waals surface area contributed by atoms with E-state index in [-0.39, 0.29) is 5.97 Å². The van der Waals surface area contributed by atoms with E-state index in [1.165, 1.54) is 16.0 Å². The van der Waals surface area contributed by atoms with E-state index in [0.717, 1.165) is 62.8 Å². The van der Waals surface area contributed by atoms with Crippen LogP contribution in [-0.4, -0.2) is 38.7 Å². The van der Waals surface area contributed by atoms with Crippen LogP contribution in [0.4, 0.5) is 0 Å². The van der Waals surface area contributed by atoms with Crippen molar-refractivity contribution < 1.29 is 9.63 Å². The summed E-state index contributed by atoms with van der Waals surface area (Å²) in [6.07, 6.45) is 7.19. The third kappa shape index (κ3) is 4.27. The van der Waals surface area contributed by atoms with Crippen molar-refractivity contribution >= 4 is 38.6 Å². The van der Waals surface area contributed by atoms with E-state index in [1.54, 1.807) is 23.5 Å². The molecule has 32 heavy (non-hydrogen) atoms. The van der Waals surface area contributed by atoms with Crippen LogP contribution in [0.2, 0.25) is 0 Å². The Morgan fingerprint density at radius 2 is 1.97 bits per heavy atom. The van der Waals surface area contributed by atoms with Gasteiger partial charge in [0.1, 0.15) is 11.3 Å². The molecule has 7 heteroatoms. The molecule has 3 aromatic heterocycles. The van der Waals surface area contributed by atoms with E-state index in [4.69, 9.17) is 9.82 Å². The number of piperidine rings is 1. The number of aromatic nitrogens is 3. The van der Waals surface area contributed by atoms with Crippen molar-refractivity contribution in [2.24, 2.45) is 5.92 Å².